The van der Waals surface area contributed by atoms with Crippen LogP contribution in [-0.4, -0.2) is 44.8 Å². The zero-order valence-electron chi connectivity index (χ0n) is 18.8. The number of aromatic nitrogens is 1. The Balaban J connectivity index is 1.43. The average Bonchev–Trinajstić information content (AvgIpc) is 3.15. The van der Waals surface area contributed by atoms with E-state index in [1.165, 1.54) is 22.9 Å². The van der Waals surface area contributed by atoms with Gasteiger partial charge in [-0.25, -0.2) is 8.78 Å². The number of fused-ring (bicyclic) bond motifs is 5. The van der Waals surface area contributed by atoms with E-state index in [-0.39, 0.29) is 47.6 Å². The van der Waals surface area contributed by atoms with Crippen LogP contribution in [0.1, 0.15) is 63.7 Å². The molecule has 2 aromatic rings. The fourth-order valence-corrected chi connectivity index (χ4v) is 5.24. The van der Waals surface area contributed by atoms with Gasteiger partial charge in [0.2, 0.25) is 5.43 Å². The van der Waals surface area contributed by atoms with E-state index >= 15 is 0 Å². The van der Waals surface area contributed by atoms with E-state index in [1.54, 1.807) is 17.9 Å². The lowest BCUT2D eigenvalue weighted by molar-refractivity contribution is -0.132. The van der Waals surface area contributed by atoms with E-state index in [2.05, 4.69) is 5.32 Å². The number of rotatable bonds is 4. The van der Waals surface area contributed by atoms with Crippen LogP contribution < -0.4 is 10.7 Å². The topological polar surface area (TPSA) is 101 Å². The Bertz CT molecular complexity index is 1250. The maximum absolute atomic E-state index is 14.0. The Morgan fingerprint density at radius 2 is 2.06 bits per heavy atom. The van der Waals surface area contributed by atoms with Crippen molar-refractivity contribution in [1.29, 1.82) is 0 Å². The predicted molar refractivity (Wildman–Crippen MR) is 117 cm³/mol. The molecular weight excluding hydrogens is 448 g/mol. The van der Waals surface area contributed by atoms with Crippen molar-refractivity contribution in [2.24, 2.45) is 0 Å². The lowest BCUT2D eigenvalue weighted by Gasteiger charge is -2.44. The van der Waals surface area contributed by atoms with Crippen LogP contribution in [0.15, 0.2) is 29.2 Å². The molecular formula is C24H25F2N3O5. The summed E-state index contributed by atoms with van der Waals surface area (Å²) in [5.41, 5.74) is -0.876. The minimum atomic E-state index is -3.11. The highest BCUT2D eigenvalue weighted by Gasteiger charge is 2.47. The molecule has 180 valence electrons. The van der Waals surface area contributed by atoms with E-state index in [0.29, 0.717) is 5.56 Å². The molecule has 2 amide bonds. The number of ether oxygens (including phenoxy) is 1. The summed E-state index contributed by atoms with van der Waals surface area (Å²) >= 11 is 0. The lowest BCUT2D eigenvalue weighted by Crippen LogP contribution is -2.57. The quantitative estimate of drug-likeness (QED) is 0.711. The Hall–Kier alpha value is -3.27. The van der Waals surface area contributed by atoms with Crippen molar-refractivity contribution in [1.82, 2.24) is 14.8 Å². The first-order valence-corrected chi connectivity index (χ1v) is 11.2. The van der Waals surface area contributed by atoms with Crippen LogP contribution in [-0.2, 0) is 23.7 Å². The summed E-state index contributed by atoms with van der Waals surface area (Å²) in [5, 5.41) is 13.1. The number of halogens is 2. The molecule has 1 aliphatic carbocycles. The average molecular weight is 473 g/mol. The molecule has 10 heteroatoms. The summed E-state index contributed by atoms with van der Waals surface area (Å²) in [6.07, 6.45) is 3.13. The molecule has 2 aliphatic heterocycles. The van der Waals surface area contributed by atoms with Crippen LogP contribution in [0, 0.1) is 6.92 Å². The van der Waals surface area contributed by atoms with Crippen LogP contribution in [0.5, 0.6) is 5.75 Å². The minimum Gasteiger partial charge on any atom is -0.503 e. The normalized spacial score (nSPS) is 23.5. The zero-order valence-corrected chi connectivity index (χ0v) is 18.8. The van der Waals surface area contributed by atoms with Crippen molar-refractivity contribution in [3.05, 3.63) is 62.6 Å². The number of alkyl halides is 2. The van der Waals surface area contributed by atoms with Gasteiger partial charge in [-0.05, 0) is 37.8 Å². The van der Waals surface area contributed by atoms with E-state index in [9.17, 15) is 28.3 Å². The third kappa shape index (κ3) is 3.66. The second-order valence-corrected chi connectivity index (χ2v) is 9.35. The van der Waals surface area contributed by atoms with E-state index < -0.39 is 35.1 Å². The van der Waals surface area contributed by atoms with Gasteiger partial charge in [0.1, 0.15) is 5.56 Å². The SMILES string of the molecule is Cc1ccc(CNC(=O)c2cn3c(c(O)c2=O)C(=O)N2[C@H]4CC[C@H](C4)O[C@@H]2C3)c(C(C)(F)F)c1. The molecule has 2 N–H and O–H groups in total. The fourth-order valence-electron chi connectivity index (χ4n) is 5.24. The molecule has 0 radical (unpaired) electrons. The number of amides is 2. The zero-order chi connectivity index (χ0) is 24.4. The molecule has 0 spiro atoms. The minimum absolute atomic E-state index is 0.00266. The van der Waals surface area contributed by atoms with E-state index in [0.717, 1.165) is 26.2 Å². The van der Waals surface area contributed by atoms with Gasteiger partial charge in [0.15, 0.2) is 17.7 Å². The molecule has 3 atom stereocenters. The Labute approximate surface area is 194 Å². The van der Waals surface area contributed by atoms with Crippen LogP contribution in [0.25, 0.3) is 0 Å². The first-order valence-electron chi connectivity index (χ1n) is 11.2. The van der Waals surface area contributed by atoms with Gasteiger partial charge in [-0.15, -0.1) is 0 Å². The maximum atomic E-state index is 14.0. The fraction of sp³-hybridized carbons (Fsp3) is 0.458. The highest BCUT2D eigenvalue weighted by molar-refractivity contribution is 5.99. The maximum Gasteiger partial charge on any atom is 0.276 e. The second kappa shape index (κ2) is 7.90. The van der Waals surface area contributed by atoms with Gasteiger partial charge in [-0.1, -0.05) is 17.7 Å². The summed E-state index contributed by atoms with van der Waals surface area (Å²) in [7, 11) is 0. The molecule has 2 bridgehead atoms. The van der Waals surface area contributed by atoms with Gasteiger partial charge in [0, 0.05) is 31.3 Å². The van der Waals surface area contributed by atoms with Gasteiger partial charge in [-0.3, -0.25) is 14.4 Å². The van der Waals surface area contributed by atoms with E-state index in [4.69, 9.17) is 4.74 Å². The number of carbonyl (C=O) groups is 2. The van der Waals surface area contributed by atoms with Crippen LogP contribution in [0.2, 0.25) is 0 Å². The molecule has 3 aliphatic rings. The van der Waals surface area contributed by atoms with Gasteiger partial charge in [0.05, 0.1) is 12.6 Å². The second-order valence-electron chi connectivity index (χ2n) is 9.35. The third-order valence-corrected chi connectivity index (χ3v) is 6.88. The summed E-state index contributed by atoms with van der Waals surface area (Å²) in [6.45, 7) is 2.41. The molecule has 1 saturated heterocycles. The predicted octanol–water partition coefficient (Wildman–Crippen LogP) is 2.64. The van der Waals surface area contributed by atoms with Crippen molar-refractivity contribution >= 4 is 11.8 Å². The van der Waals surface area contributed by atoms with E-state index in [1.807, 2.05) is 0 Å². The molecule has 34 heavy (non-hydrogen) atoms. The molecule has 1 aromatic carbocycles. The van der Waals surface area contributed by atoms with Crippen molar-refractivity contribution in [2.75, 3.05) is 0 Å². The molecule has 1 saturated carbocycles. The monoisotopic (exact) mass is 473 g/mol. The van der Waals surface area contributed by atoms with Crippen LogP contribution >= 0.6 is 0 Å². The highest BCUT2D eigenvalue weighted by Crippen LogP contribution is 2.38. The molecule has 5 rings (SSSR count). The number of aryl methyl sites for hydroxylation is 1. The third-order valence-electron chi connectivity index (χ3n) is 6.88. The molecule has 2 fully saturated rings. The smallest absolute Gasteiger partial charge is 0.276 e. The molecule has 1 aromatic heterocycles. The number of nitrogens with zero attached hydrogens (tertiary/aromatic N) is 2. The Kier molecular flexibility index (Phi) is 5.23. The molecule has 0 unspecified atom stereocenters. The summed E-state index contributed by atoms with van der Waals surface area (Å²) in [6, 6.07) is 4.52. The number of benzene rings is 1. The number of nitrogens with one attached hydrogen (secondary N) is 1. The van der Waals surface area contributed by atoms with Gasteiger partial charge < -0.3 is 24.6 Å². The Morgan fingerprint density at radius 3 is 2.79 bits per heavy atom. The van der Waals surface area contributed by atoms with Crippen molar-refractivity contribution < 1.29 is 28.2 Å². The molecule has 3 heterocycles. The summed E-state index contributed by atoms with van der Waals surface area (Å²) < 4.78 is 35.4. The summed E-state index contributed by atoms with van der Waals surface area (Å²) in [5.74, 6) is -5.24. The van der Waals surface area contributed by atoms with Gasteiger partial charge in [0.25, 0.3) is 17.7 Å². The lowest BCUT2D eigenvalue weighted by atomic mass is 9.99. The van der Waals surface area contributed by atoms with Gasteiger partial charge in [-0.2, -0.15) is 0 Å². The molecule has 8 nitrogen and oxygen atoms in total. The van der Waals surface area contributed by atoms with Crippen molar-refractivity contribution in [3.8, 4) is 5.75 Å². The van der Waals surface area contributed by atoms with Crippen LogP contribution in [0.4, 0.5) is 8.78 Å². The number of aromatic hydroxyl groups is 1. The Morgan fingerprint density at radius 1 is 1.29 bits per heavy atom. The van der Waals surface area contributed by atoms with Crippen molar-refractivity contribution in [2.45, 2.75) is 70.5 Å². The highest BCUT2D eigenvalue weighted by atomic mass is 19.3. The first-order chi connectivity index (χ1) is 16.0. The largest absolute Gasteiger partial charge is 0.503 e. The first kappa shape index (κ1) is 22.5. The number of hydrogen-bond acceptors (Lipinski definition) is 5. The number of pyridine rings is 1. The standard InChI is InChI=1S/C24H25F2N3O5/c1-12-3-4-13(17(7-12)24(2,25)26)9-27-22(32)16-10-28-11-18-29(14-5-6-15(8-14)34-18)23(33)19(28)21(31)20(16)30/h3-4,7,10,14-15,18,31H,5-6,8-9,11H2,1-2H3,(H,27,32)/t14-,15+,18+/m0/s1. The number of hydrogen-bond donors (Lipinski definition) is 2. The summed E-state index contributed by atoms with van der Waals surface area (Å²) in [4.78, 5) is 40.3. The van der Waals surface area contributed by atoms with Gasteiger partial charge >= 0.3 is 0 Å². The van der Waals surface area contributed by atoms with Crippen LogP contribution in [0.3, 0.4) is 0 Å². The number of carbonyl (C=O) groups excluding carboxylic acids is 2. The van der Waals surface area contributed by atoms with Crippen molar-refractivity contribution in [3.63, 3.8) is 0 Å².